The summed E-state index contributed by atoms with van der Waals surface area (Å²) in [4.78, 5) is 25.3. The van der Waals surface area contributed by atoms with Gasteiger partial charge in [0.1, 0.15) is 6.61 Å². The van der Waals surface area contributed by atoms with Crippen LogP contribution < -0.4 is 0 Å². The average Bonchev–Trinajstić information content (AvgIpc) is 3.22. The fraction of sp³-hybridized carbons (Fsp3) is 0.736. The summed E-state index contributed by atoms with van der Waals surface area (Å²) < 4.78 is 17.3. The first-order valence-corrected chi connectivity index (χ1v) is 24.5. The Morgan fingerprint density at radius 1 is 0.397 bits per heavy atom. The molecule has 0 N–H and O–H groups in total. The Bertz CT molecular complexity index is 1050. The van der Waals surface area contributed by atoms with Crippen molar-refractivity contribution in [2.24, 2.45) is 0 Å². The molecule has 0 spiro atoms. The lowest BCUT2D eigenvalue weighted by molar-refractivity contribution is -0.163. The normalized spacial score (nSPS) is 12.8. The molecule has 0 radical (unpaired) electrons. The molecule has 334 valence electrons. The van der Waals surface area contributed by atoms with Gasteiger partial charge in [-0.1, -0.05) is 184 Å². The van der Waals surface area contributed by atoms with Crippen molar-refractivity contribution in [2.75, 3.05) is 19.8 Å². The second kappa shape index (κ2) is 48.7. The maximum Gasteiger partial charge on any atom is 0.306 e. The van der Waals surface area contributed by atoms with E-state index in [-0.39, 0.29) is 25.2 Å². The van der Waals surface area contributed by atoms with E-state index in [0.717, 1.165) is 96.3 Å². The topological polar surface area (TPSA) is 61.8 Å². The third kappa shape index (κ3) is 46.0. The van der Waals surface area contributed by atoms with Crippen LogP contribution >= 0.6 is 0 Å². The van der Waals surface area contributed by atoms with E-state index in [4.69, 9.17) is 14.2 Å². The van der Waals surface area contributed by atoms with Crippen LogP contribution in [0, 0.1) is 0 Å². The van der Waals surface area contributed by atoms with Crippen LogP contribution in [-0.4, -0.2) is 37.9 Å². The van der Waals surface area contributed by atoms with Gasteiger partial charge in [0.15, 0.2) is 6.10 Å². The highest BCUT2D eigenvalue weighted by molar-refractivity contribution is 5.70. The first-order chi connectivity index (χ1) is 28.6. The highest BCUT2D eigenvalue weighted by Gasteiger charge is 2.17. The van der Waals surface area contributed by atoms with Gasteiger partial charge in [-0.3, -0.25) is 9.59 Å². The summed E-state index contributed by atoms with van der Waals surface area (Å²) in [6, 6.07) is 0. The zero-order valence-corrected chi connectivity index (χ0v) is 38.3. The van der Waals surface area contributed by atoms with Crippen molar-refractivity contribution in [3.8, 4) is 0 Å². The highest BCUT2D eigenvalue weighted by Crippen LogP contribution is 2.13. The smallest absolute Gasteiger partial charge is 0.306 e. The van der Waals surface area contributed by atoms with Gasteiger partial charge < -0.3 is 14.2 Å². The first-order valence-electron chi connectivity index (χ1n) is 24.5. The van der Waals surface area contributed by atoms with E-state index < -0.39 is 6.10 Å². The molecule has 0 aromatic carbocycles. The fourth-order valence-corrected chi connectivity index (χ4v) is 6.53. The highest BCUT2D eigenvalue weighted by atomic mass is 16.6. The van der Waals surface area contributed by atoms with Gasteiger partial charge in [-0.05, 0) is 103 Å². The lowest BCUT2D eigenvalue weighted by atomic mass is 10.1. The zero-order chi connectivity index (χ0) is 42.1. The third-order valence-corrected chi connectivity index (χ3v) is 10.2. The Morgan fingerprint density at radius 2 is 0.793 bits per heavy atom. The summed E-state index contributed by atoms with van der Waals surface area (Å²) >= 11 is 0. The van der Waals surface area contributed by atoms with Gasteiger partial charge >= 0.3 is 11.9 Å². The van der Waals surface area contributed by atoms with Crippen LogP contribution in [0.3, 0.4) is 0 Å². The van der Waals surface area contributed by atoms with Crippen LogP contribution in [-0.2, 0) is 23.8 Å². The number of ether oxygens (including phenoxy) is 3. The van der Waals surface area contributed by atoms with Crippen LogP contribution in [0.4, 0.5) is 0 Å². The van der Waals surface area contributed by atoms with Crippen molar-refractivity contribution in [2.45, 2.75) is 232 Å². The molecule has 0 heterocycles. The van der Waals surface area contributed by atoms with Crippen molar-refractivity contribution < 1.29 is 23.8 Å². The van der Waals surface area contributed by atoms with Crippen molar-refractivity contribution in [1.29, 1.82) is 0 Å². The number of unbranched alkanes of at least 4 members (excludes halogenated alkanes) is 21. The van der Waals surface area contributed by atoms with Crippen LogP contribution in [0.25, 0.3) is 0 Å². The van der Waals surface area contributed by atoms with E-state index in [1.165, 1.54) is 96.3 Å². The molecule has 0 aliphatic carbocycles. The molecule has 5 nitrogen and oxygen atoms in total. The van der Waals surface area contributed by atoms with Crippen molar-refractivity contribution >= 4 is 11.9 Å². The monoisotopic (exact) mass is 809 g/mol. The zero-order valence-electron chi connectivity index (χ0n) is 38.3. The number of carbonyl (C=O) groups is 2. The Labute approximate surface area is 359 Å². The minimum Gasteiger partial charge on any atom is -0.462 e. The van der Waals surface area contributed by atoms with Gasteiger partial charge in [0.2, 0.25) is 0 Å². The molecule has 58 heavy (non-hydrogen) atoms. The van der Waals surface area contributed by atoms with Gasteiger partial charge in [0.25, 0.3) is 0 Å². The lowest BCUT2D eigenvalue weighted by Crippen LogP contribution is -2.30. The fourth-order valence-electron chi connectivity index (χ4n) is 6.53. The summed E-state index contributed by atoms with van der Waals surface area (Å²) in [7, 11) is 0. The Kier molecular flexibility index (Phi) is 46.5. The molecule has 0 bridgehead atoms. The predicted octanol–water partition coefficient (Wildman–Crippen LogP) is 16.3. The standard InChI is InChI=1S/C53H92O5/c1-4-7-10-13-16-19-22-24-26-28-30-33-36-39-42-45-48-56-49-51(58-53(55)47-44-41-38-35-31-21-18-15-12-9-6-3)50-57-52(54)46-43-40-37-34-32-29-27-25-23-20-17-14-11-8-5-2/h7,10,15-20,24-27,51H,4-6,8-9,11-14,21-23,28-50H2,1-3H3/b10-7-,18-15-,19-16-,20-17-,26-24-,27-25-. The van der Waals surface area contributed by atoms with Crippen LogP contribution in [0.2, 0.25) is 0 Å². The number of esters is 2. The second-order valence-corrected chi connectivity index (χ2v) is 16.0. The molecule has 0 aliphatic heterocycles. The molecule has 1 atom stereocenters. The van der Waals surface area contributed by atoms with Crippen LogP contribution in [0.15, 0.2) is 72.9 Å². The summed E-state index contributed by atoms with van der Waals surface area (Å²) in [5.41, 5.74) is 0. The molecule has 0 saturated carbocycles. The maximum absolute atomic E-state index is 12.7. The molecule has 0 aromatic heterocycles. The number of allylic oxidation sites excluding steroid dienone is 12. The quantitative estimate of drug-likeness (QED) is 0.0348. The molecule has 0 aromatic rings. The van der Waals surface area contributed by atoms with E-state index in [2.05, 4.69) is 93.7 Å². The minimum absolute atomic E-state index is 0.0671. The van der Waals surface area contributed by atoms with E-state index in [1.54, 1.807) is 0 Å². The molecule has 0 rings (SSSR count). The predicted molar refractivity (Wildman–Crippen MR) is 251 cm³/mol. The van der Waals surface area contributed by atoms with E-state index >= 15 is 0 Å². The van der Waals surface area contributed by atoms with Crippen molar-refractivity contribution in [3.63, 3.8) is 0 Å². The molecule has 0 aliphatic rings. The lowest BCUT2D eigenvalue weighted by Gasteiger charge is -2.18. The average molecular weight is 809 g/mol. The molecule has 0 fully saturated rings. The second-order valence-electron chi connectivity index (χ2n) is 16.0. The maximum atomic E-state index is 12.7. The van der Waals surface area contributed by atoms with Gasteiger partial charge in [-0.25, -0.2) is 0 Å². The van der Waals surface area contributed by atoms with Crippen molar-refractivity contribution in [1.82, 2.24) is 0 Å². The number of rotatable bonds is 44. The summed E-state index contributed by atoms with van der Waals surface area (Å²) in [6.45, 7) is 7.60. The molecule has 5 heteroatoms. The van der Waals surface area contributed by atoms with Crippen LogP contribution in [0.5, 0.6) is 0 Å². The minimum atomic E-state index is -0.554. The van der Waals surface area contributed by atoms with Crippen LogP contribution in [0.1, 0.15) is 226 Å². The van der Waals surface area contributed by atoms with E-state index in [1.807, 2.05) is 0 Å². The van der Waals surface area contributed by atoms with E-state index in [9.17, 15) is 9.59 Å². The van der Waals surface area contributed by atoms with E-state index in [0.29, 0.717) is 19.4 Å². The largest absolute Gasteiger partial charge is 0.462 e. The molecular weight excluding hydrogens is 717 g/mol. The summed E-state index contributed by atoms with van der Waals surface area (Å²) in [5, 5.41) is 0. The van der Waals surface area contributed by atoms with Gasteiger partial charge in [0.05, 0.1) is 6.61 Å². The number of hydrogen-bond donors (Lipinski definition) is 0. The molecular formula is C53H92O5. The molecule has 1 unspecified atom stereocenters. The molecule has 0 amide bonds. The Hall–Kier alpha value is -2.66. The summed E-state index contributed by atoms with van der Waals surface area (Å²) in [5.74, 6) is -0.432. The van der Waals surface area contributed by atoms with Gasteiger partial charge in [-0.15, -0.1) is 0 Å². The van der Waals surface area contributed by atoms with Gasteiger partial charge in [0, 0.05) is 19.4 Å². The number of hydrogen-bond acceptors (Lipinski definition) is 5. The number of carbonyl (C=O) groups excluding carboxylic acids is 2. The summed E-state index contributed by atoms with van der Waals surface area (Å²) in [6.07, 6.45) is 61.9. The Morgan fingerprint density at radius 3 is 1.31 bits per heavy atom. The third-order valence-electron chi connectivity index (χ3n) is 10.2. The molecule has 0 saturated heterocycles. The first kappa shape index (κ1) is 55.3. The van der Waals surface area contributed by atoms with Gasteiger partial charge in [-0.2, -0.15) is 0 Å². The SMILES string of the molecule is CC/C=C\C/C=C\C/C=C\CCCCCCCCOCC(COC(=O)CCCCCCC/C=C\C/C=C\CCCCC)OC(=O)CCCCCCC/C=C\CCCC. The van der Waals surface area contributed by atoms with Crippen molar-refractivity contribution in [3.05, 3.63) is 72.9 Å². The Balaban J connectivity index is 4.30.